The van der Waals surface area contributed by atoms with Crippen LogP contribution in [0.2, 0.25) is 0 Å². The first-order chi connectivity index (χ1) is 9.76. The summed E-state index contributed by atoms with van der Waals surface area (Å²) in [4.78, 5) is 12.3. The lowest BCUT2D eigenvalue weighted by Crippen LogP contribution is -2.31. The Bertz CT molecular complexity index is 569. The second-order valence-electron chi connectivity index (χ2n) is 4.32. The number of hydrogen-bond donors (Lipinski definition) is 2. The van der Waals surface area contributed by atoms with Gasteiger partial charge in [-0.2, -0.15) is 0 Å². The van der Waals surface area contributed by atoms with Crippen molar-refractivity contribution in [3.05, 3.63) is 65.7 Å². The molecule has 0 aromatic heterocycles. The van der Waals surface area contributed by atoms with Crippen molar-refractivity contribution in [3.8, 4) is 5.75 Å². The van der Waals surface area contributed by atoms with Gasteiger partial charge in [0.25, 0.3) is 5.91 Å². The molecule has 2 rings (SSSR count). The molecule has 0 aliphatic rings. The zero-order valence-electron chi connectivity index (χ0n) is 11.2. The highest BCUT2D eigenvalue weighted by molar-refractivity contribution is 5.97. The summed E-state index contributed by atoms with van der Waals surface area (Å²) >= 11 is 0. The third-order valence-electron chi connectivity index (χ3n) is 3.04. The van der Waals surface area contributed by atoms with Crippen molar-refractivity contribution in [1.29, 1.82) is 0 Å². The van der Waals surface area contributed by atoms with Crippen LogP contribution in [0.3, 0.4) is 0 Å². The van der Waals surface area contributed by atoms with Crippen LogP contribution in [0, 0.1) is 0 Å². The Morgan fingerprint density at radius 2 is 1.80 bits per heavy atom. The first-order valence-corrected chi connectivity index (χ1v) is 6.36. The summed E-state index contributed by atoms with van der Waals surface area (Å²) < 4.78 is 5.16. The van der Waals surface area contributed by atoms with Gasteiger partial charge in [-0.05, 0) is 17.7 Å². The lowest BCUT2D eigenvalue weighted by Gasteiger charge is -2.17. The molecular formula is C16H17NO3. The third kappa shape index (κ3) is 3.16. The smallest absolute Gasteiger partial charge is 0.255 e. The maximum Gasteiger partial charge on any atom is 0.255 e. The molecule has 1 atom stereocenters. The normalized spacial score (nSPS) is 11.7. The van der Waals surface area contributed by atoms with Gasteiger partial charge in [0.15, 0.2) is 0 Å². The molecule has 0 saturated carbocycles. The summed E-state index contributed by atoms with van der Waals surface area (Å²) in [6, 6.07) is 15.9. The second-order valence-corrected chi connectivity index (χ2v) is 4.32. The van der Waals surface area contributed by atoms with Crippen LogP contribution in [-0.2, 0) is 0 Å². The lowest BCUT2D eigenvalue weighted by molar-refractivity contribution is 0.0913. The maximum absolute atomic E-state index is 12.3. The van der Waals surface area contributed by atoms with Crippen LogP contribution in [0.4, 0.5) is 0 Å². The summed E-state index contributed by atoms with van der Waals surface area (Å²) in [7, 11) is 1.52. The molecule has 4 nitrogen and oxygen atoms in total. The van der Waals surface area contributed by atoms with E-state index in [0.717, 1.165) is 5.56 Å². The SMILES string of the molecule is COc1ccccc1C(=O)N[C@H](CO)c1ccccc1. The van der Waals surface area contributed by atoms with E-state index in [9.17, 15) is 9.90 Å². The number of methoxy groups -OCH3 is 1. The average molecular weight is 271 g/mol. The van der Waals surface area contributed by atoms with E-state index >= 15 is 0 Å². The Kier molecular flexibility index (Phi) is 4.74. The van der Waals surface area contributed by atoms with Crippen molar-refractivity contribution in [2.24, 2.45) is 0 Å². The standard InChI is InChI=1S/C16H17NO3/c1-20-15-10-6-5-9-13(15)16(19)17-14(11-18)12-7-3-2-4-8-12/h2-10,14,18H,11H2,1H3,(H,17,19)/t14-/m1/s1. The molecule has 0 fully saturated rings. The molecule has 0 bridgehead atoms. The molecule has 0 unspecified atom stereocenters. The van der Waals surface area contributed by atoms with Crippen molar-refractivity contribution in [3.63, 3.8) is 0 Å². The third-order valence-corrected chi connectivity index (χ3v) is 3.04. The highest BCUT2D eigenvalue weighted by atomic mass is 16.5. The van der Waals surface area contributed by atoms with Gasteiger partial charge in [0.05, 0.1) is 25.3 Å². The van der Waals surface area contributed by atoms with Crippen LogP contribution in [0.25, 0.3) is 0 Å². The van der Waals surface area contributed by atoms with Gasteiger partial charge in [0.2, 0.25) is 0 Å². The fourth-order valence-electron chi connectivity index (χ4n) is 1.99. The Labute approximate surface area is 118 Å². The molecule has 0 heterocycles. The topological polar surface area (TPSA) is 58.6 Å². The number of para-hydroxylation sites is 1. The molecule has 0 radical (unpaired) electrons. The van der Waals surface area contributed by atoms with Crippen molar-refractivity contribution >= 4 is 5.91 Å². The van der Waals surface area contributed by atoms with Gasteiger partial charge < -0.3 is 15.2 Å². The van der Waals surface area contributed by atoms with E-state index in [2.05, 4.69) is 5.32 Å². The van der Waals surface area contributed by atoms with Crippen molar-refractivity contribution < 1.29 is 14.6 Å². The molecule has 0 aliphatic carbocycles. The number of aliphatic hydroxyl groups is 1. The minimum atomic E-state index is -0.436. The average Bonchev–Trinajstić information content (AvgIpc) is 2.53. The summed E-state index contributed by atoms with van der Waals surface area (Å²) in [6.07, 6.45) is 0. The lowest BCUT2D eigenvalue weighted by atomic mass is 10.1. The number of nitrogens with one attached hydrogen (secondary N) is 1. The second kappa shape index (κ2) is 6.73. The van der Waals surface area contributed by atoms with Crippen LogP contribution >= 0.6 is 0 Å². The van der Waals surface area contributed by atoms with Crippen molar-refractivity contribution in [2.75, 3.05) is 13.7 Å². The van der Waals surface area contributed by atoms with Crippen LogP contribution < -0.4 is 10.1 Å². The predicted octanol–water partition coefficient (Wildman–Crippen LogP) is 2.16. The van der Waals surface area contributed by atoms with E-state index in [1.807, 2.05) is 30.3 Å². The highest BCUT2D eigenvalue weighted by Gasteiger charge is 2.17. The van der Waals surface area contributed by atoms with Gasteiger partial charge >= 0.3 is 0 Å². The summed E-state index contributed by atoms with van der Waals surface area (Å²) in [6.45, 7) is -0.162. The number of hydrogen-bond acceptors (Lipinski definition) is 3. The Balaban J connectivity index is 2.18. The van der Waals surface area contributed by atoms with Crippen molar-refractivity contribution in [2.45, 2.75) is 6.04 Å². The summed E-state index contributed by atoms with van der Waals surface area (Å²) in [5, 5.41) is 12.3. The first kappa shape index (κ1) is 14.1. The van der Waals surface area contributed by atoms with E-state index < -0.39 is 6.04 Å². The molecule has 2 aromatic carbocycles. The fourth-order valence-corrected chi connectivity index (χ4v) is 1.99. The number of benzene rings is 2. The summed E-state index contributed by atoms with van der Waals surface area (Å²) in [5.41, 5.74) is 1.31. The number of amides is 1. The van der Waals surface area contributed by atoms with Gasteiger partial charge in [-0.1, -0.05) is 42.5 Å². The zero-order valence-corrected chi connectivity index (χ0v) is 11.2. The van der Waals surface area contributed by atoms with E-state index in [1.54, 1.807) is 24.3 Å². The molecule has 0 saturated heterocycles. The van der Waals surface area contributed by atoms with Crippen LogP contribution in [0.1, 0.15) is 22.0 Å². The van der Waals surface area contributed by atoms with E-state index in [0.29, 0.717) is 11.3 Å². The molecule has 20 heavy (non-hydrogen) atoms. The maximum atomic E-state index is 12.3. The zero-order chi connectivity index (χ0) is 14.4. The molecule has 0 aliphatic heterocycles. The largest absolute Gasteiger partial charge is 0.496 e. The van der Waals surface area contributed by atoms with E-state index in [1.165, 1.54) is 7.11 Å². The fraction of sp³-hybridized carbons (Fsp3) is 0.188. The van der Waals surface area contributed by atoms with Crippen LogP contribution in [0.5, 0.6) is 5.75 Å². The minimum Gasteiger partial charge on any atom is -0.496 e. The monoisotopic (exact) mass is 271 g/mol. The predicted molar refractivity (Wildman–Crippen MR) is 76.7 cm³/mol. The molecule has 2 aromatic rings. The van der Waals surface area contributed by atoms with E-state index in [4.69, 9.17) is 4.74 Å². The van der Waals surface area contributed by atoms with Gasteiger partial charge in [0.1, 0.15) is 5.75 Å². The molecule has 2 N–H and O–H groups in total. The Hall–Kier alpha value is -2.33. The number of carbonyl (C=O) groups is 1. The van der Waals surface area contributed by atoms with Crippen LogP contribution in [-0.4, -0.2) is 24.7 Å². The van der Waals surface area contributed by atoms with Gasteiger partial charge in [0, 0.05) is 0 Å². The van der Waals surface area contributed by atoms with Crippen LogP contribution in [0.15, 0.2) is 54.6 Å². The van der Waals surface area contributed by atoms with Gasteiger partial charge in [-0.15, -0.1) is 0 Å². The quantitative estimate of drug-likeness (QED) is 0.876. The molecule has 1 amide bonds. The number of rotatable bonds is 5. The van der Waals surface area contributed by atoms with Gasteiger partial charge in [-0.25, -0.2) is 0 Å². The Morgan fingerprint density at radius 1 is 1.15 bits per heavy atom. The van der Waals surface area contributed by atoms with E-state index in [-0.39, 0.29) is 12.5 Å². The summed E-state index contributed by atoms with van der Waals surface area (Å²) in [5.74, 6) is 0.236. The first-order valence-electron chi connectivity index (χ1n) is 6.36. The molecular weight excluding hydrogens is 254 g/mol. The van der Waals surface area contributed by atoms with Gasteiger partial charge in [-0.3, -0.25) is 4.79 Å². The molecule has 4 heteroatoms. The number of ether oxygens (including phenoxy) is 1. The highest BCUT2D eigenvalue weighted by Crippen LogP contribution is 2.19. The number of aliphatic hydroxyl groups excluding tert-OH is 1. The van der Waals surface area contributed by atoms with Crippen molar-refractivity contribution in [1.82, 2.24) is 5.32 Å². The Morgan fingerprint density at radius 3 is 2.45 bits per heavy atom. The molecule has 104 valence electrons. The minimum absolute atomic E-state index is 0.162. The molecule has 0 spiro atoms. The number of carbonyl (C=O) groups excluding carboxylic acids is 1.